The number of hydrogen-bond acceptors (Lipinski definition) is 5. The Balaban J connectivity index is 1.91. The van der Waals surface area contributed by atoms with E-state index in [4.69, 9.17) is 5.84 Å². The lowest BCUT2D eigenvalue weighted by Crippen LogP contribution is -2.30. The fourth-order valence-electron chi connectivity index (χ4n) is 2.47. The molecule has 5 nitrogen and oxygen atoms in total. The predicted octanol–water partition coefficient (Wildman–Crippen LogP) is 1.70. The van der Waals surface area contributed by atoms with E-state index >= 15 is 0 Å². The maximum absolute atomic E-state index is 5.54. The number of rotatable bonds is 6. The van der Waals surface area contributed by atoms with Gasteiger partial charge in [0, 0.05) is 18.2 Å². The third-order valence-electron chi connectivity index (χ3n) is 3.82. The summed E-state index contributed by atoms with van der Waals surface area (Å²) in [5.74, 6) is 8.28. The second-order valence-electron chi connectivity index (χ2n) is 5.35. The van der Waals surface area contributed by atoms with E-state index in [1.54, 1.807) is 6.33 Å². The van der Waals surface area contributed by atoms with Crippen LogP contribution in [-0.4, -0.2) is 22.6 Å². The number of nitrogen functional groups attached to an aromatic ring is 1. The Morgan fingerprint density at radius 1 is 1.33 bits per heavy atom. The Labute approximate surface area is 108 Å². The molecule has 3 N–H and O–H groups in total. The van der Waals surface area contributed by atoms with Crippen molar-refractivity contribution >= 4 is 11.6 Å². The molecule has 1 heterocycles. The Morgan fingerprint density at radius 2 is 2.11 bits per heavy atom. The molecule has 1 aromatic heterocycles. The lowest BCUT2D eigenvalue weighted by atomic mass is 10.2. The smallest absolute Gasteiger partial charge is 0.148 e. The normalized spacial score (nSPS) is 18.8. The number of nitrogens with two attached hydrogens (primary N) is 1. The first-order valence-electron chi connectivity index (χ1n) is 6.90. The monoisotopic (exact) mass is 247 g/mol. The zero-order valence-electron chi connectivity index (χ0n) is 10.9. The van der Waals surface area contributed by atoms with Crippen molar-refractivity contribution in [2.45, 2.75) is 45.1 Å². The van der Waals surface area contributed by atoms with Gasteiger partial charge in [0.05, 0.1) is 0 Å². The van der Waals surface area contributed by atoms with E-state index in [1.807, 2.05) is 0 Å². The van der Waals surface area contributed by atoms with Gasteiger partial charge >= 0.3 is 0 Å². The number of nitrogens with zero attached hydrogens (tertiary/aromatic N) is 3. The second-order valence-corrected chi connectivity index (χ2v) is 5.35. The van der Waals surface area contributed by atoms with Crippen LogP contribution >= 0.6 is 0 Å². The molecular weight excluding hydrogens is 226 g/mol. The predicted molar refractivity (Wildman–Crippen MR) is 72.3 cm³/mol. The summed E-state index contributed by atoms with van der Waals surface area (Å²) in [5, 5.41) is 0. The highest BCUT2D eigenvalue weighted by molar-refractivity contribution is 5.59. The van der Waals surface area contributed by atoms with Crippen molar-refractivity contribution in [3.05, 3.63) is 11.9 Å². The average molecular weight is 247 g/mol. The van der Waals surface area contributed by atoms with Crippen molar-refractivity contribution in [1.29, 1.82) is 0 Å². The Kier molecular flexibility index (Phi) is 3.07. The van der Waals surface area contributed by atoms with Crippen LogP contribution in [0.4, 0.5) is 11.6 Å². The number of aromatic nitrogens is 2. The lowest BCUT2D eigenvalue weighted by molar-refractivity contribution is 0.702. The molecule has 2 aliphatic carbocycles. The van der Waals surface area contributed by atoms with Crippen LogP contribution in [0.25, 0.3) is 0 Å². The molecule has 3 rings (SSSR count). The minimum Gasteiger partial charge on any atom is -0.353 e. The average Bonchev–Trinajstić information content (AvgIpc) is 3.27. The third-order valence-corrected chi connectivity index (χ3v) is 3.82. The molecule has 0 bridgehead atoms. The molecule has 2 aliphatic rings. The van der Waals surface area contributed by atoms with Gasteiger partial charge in [0.25, 0.3) is 0 Å². The Morgan fingerprint density at radius 3 is 2.67 bits per heavy atom. The van der Waals surface area contributed by atoms with Gasteiger partial charge in [0.1, 0.15) is 18.0 Å². The van der Waals surface area contributed by atoms with Crippen LogP contribution in [0.15, 0.2) is 6.33 Å². The first-order chi connectivity index (χ1) is 8.83. The molecule has 0 atom stereocenters. The molecule has 0 unspecified atom stereocenters. The van der Waals surface area contributed by atoms with E-state index in [1.165, 1.54) is 25.7 Å². The molecule has 0 aliphatic heterocycles. The topological polar surface area (TPSA) is 67.1 Å². The van der Waals surface area contributed by atoms with Gasteiger partial charge in [-0.15, -0.1) is 0 Å². The highest BCUT2D eigenvalue weighted by Gasteiger charge is 2.35. The standard InChI is InChI=1S/C13H21N5/c1-2-11-12(17-14)15-8-16-13(11)18(10-5-6-10)7-9-3-4-9/h8-10H,2-7,14H2,1H3,(H,15,16,17). The molecule has 0 radical (unpaired) electrons. The minimum atomic E-state index is 0.691. The van der Waals surface area contributed by atoms with Crippen LogP contribution < -0.4 is 16.2 Å². The molecule has 0 aromatic carbocycles. The first-order valence-corrected chi connectivity index (χ1v) is 6.90. The van der Waals surface area contributed by atoms with Crippen LogP contribution in [0, 0.1) is 5.92 Å². The summed E-state index contributed by atoms with van der Waals surface area (Å²) in [4.78, 5) is 11.2. The van der Waals surface area contributed by atoms with Crippen molar-refractivity contribution < 1.29 is 0 Å². The molecule has 0 saturated heterocycles. The van der Waals surface area contributed by atoms with E-state index in [9.17, 15) is 0 Å². The van der Waals surface area contributed by atoms with Crippen molar-refractivity contribution in [1.82, 2.24) is 9.97 Å². The van der Waals surface area contributed by atoms with E-state index < -0.39 is 0 Å². The molecule has 1 aromatic rings. The van der Waals surface area contributed by atoms with E-state index in [2.05, 4.69) is 27.2 Å². The maximum Gasteiger partial charge on any atom is 0.148 e. The minimum absolute atomic E-state index is 0.691. The SMILES string of the molecule is CCc1c(NN)ncnc1N(CC1CC1)C1CC1. The van der Waals surface area contributed by atoms with E-state index in [0.717, 1.165) is 36.1 Å². The van der Waals surface area contributed by atoms with Gasteiger partial charge in [-0.2, -0.15) is 0 Å². The fourth-order valence-corrected chi connectivity index (χ4v) is 2.47. The summed E-state index contributed by atoms with van der Waals surface area (Å²) in [7, 11) is 0. The van der Waals surface area contributed by atoms with E-state index in [0.29, 0.717) is 6.04 Å². The highest BCUT2D eigenvalue weighted by atomic mass is 15.3. The van der Waals surface area contributed by atoms with Crippen LogP contribution in [0.5, 0.6) is 0 Å². The number of anilines is 2. The van der Waals surface area contributed by atoms with Gasteiger partial charge in [0.2, 0.25) is 0 Å². The summed E-state index contributed by atoms with van der Waals surface area (Å²) >= 11 is 0. The molecule has 18 heavy (non-hydrogen) atoms. The number of hydrazine groups is 1. The molecule has 2 saturated carbocycles. The van der Waals surface area contributed by atoms with Gasteiger partial charge in [0.15, 0.2) is 0 Å². The van der Waals surface area contributed by atoms with Crippen molar-refractivity contribution in [2.75, 3.05) is 16.9 Å². The van der Waals surface area contributed by atoms with Gasteiger partial charge in [-0.05, 0) is 38.0 Å². The maximum atomic E-state index is 5.54. The van der Waals surface area contributed by atoms with Crippen LogP contribution in [0.3, 0.4) is 0 Å². The highest BCUT2D eigenvalue weighted by Crippen LogP contribution is 2.38. The van der Waals surface area contributed by atoms with Gasteiger partial charge < -0.3 is 10.3 Å². The zero-order valence-corrected chi connectivity index (χ0v) is 10.9. The van der Waals surface area contributed by atoms with Crippen LogP contribution in [0.1, 0.15) is 38.2 Å². The summed E-state index contributed by atoms with van der Waals surface area (Å²) in [6.07, 6.45) is 7.86. The summed E-state index contributed by atoms with van der Waals surface area (Å²) in [6, 6.07) is 0.691. The summed E-state index contributed by atoms with van der Waals surface area (Å²) in [5.41, 5.74) is 3.84. The second kappa shape index (κ2) is 4.72. The zero-order chi connectivity index (χ0) is 12.5. The van der Waals surface area contributed by atoms with Gasteiger partial charge in [-0.3, -0.25) is 0 Å². The molecular formula is C13H21N5. The number of hydrogen-bond donors (Lipinski definition) is 2. The molecule has 0 spiro atoms. The lowest BCUT2D eigenvalue weighted by Gasteiger charge is -2.26. The van der Waals surface area contributed by atoms with Crippen LogP contribution in [0.2, 0.25) is 0 Å². The van der Waals surface area contributed by atoms with Crippen molar-refractivity contribution in [3.63, 3.8) is 0 Å². The largest absolute Gasteiger partial charge is 0.353 e. The van der Waals surface area contributed by atoms with Gasteiger partial charge in [-0.1, -0.05) is 6.92 Å². The quantitative estimate of drug-likeness (QED) is 0.591. The van der Waals surface area contributed by atoms with E-state index in [-0.39, 0.29) is 0 Å². The summed E-state index contributed by atoms with van der Waals surface area (Å²) < 4.78 is 0. The molecule has 0 amide bonds. The van der Waals surface area contributed by atoms with Crippen molar-refractivity contribution in [3.8, 4) is 0 Å². The van der Waals surface area contributed by atoms with Crippen LogP contribution in [-0.2, 0) is 6.42 Å². The van der Waals surface area contributed by atoms with Gasteiger partial charge in [-0.25, -0.2) is 15.8 Å². The molecule has 2 fully saturated rings. The summed E-state index contributed by atoms with van der Waals surface area (Å²) in [6.45, 7) is 3.28. The Bertz CT molecular complexity index is 425. The third kappa shape index (κ3) is 2.27. The Hall–Kier alpha value is -1.36. The molecule has 5 heteroatoms. The fraction of sp³-hybridized carbons (Fsp3) is 0.692. The first kappa shape index (κ1) is 11.7. The number of nitrogens with one attached hydrogen (secondary N) is 1. The molecule has 98 valence electrons. The van der Waals surface area contributed by atoms with Crippen molar-refractivity contribution in [2.24, 2.45) is 11.8 Å².